The first-order chi connectivity index (χ1) is 42.6. The molecule has 0 saturated carbocycles. The summed E-state index contributed by atoms with van der Waals surface area (Å²) in [5.74, 6) is 0.805. The first-order valence-corrected chi connectivity index (χ1v) is 39.2. The molecule has 528 valence electrons. The fourth-order valence-electron chi connectivity index (χ4n) is 10.5. The Morgan fingerprint density at radius 2 is 0.472 bits per heavy atom. The number of aliphatic hydroxyl groups excluding tert-OH is 1. The zero-order valence-electron chi connectivity index (χ0n) is 58.1. The molecule has 0 radical (unpaired) electrons. The van der Waals surface area contributed by atoms with E-state index in [4.69, 9.17) is 37.0 Å². The van der Waals surface area contributed by atoms with Crippen molar-refractivity contribution in [2.45, 2.75) is 363 Å². The lowest BCUT2D eigenvalue weighted by Gasteiger charge is -2.21. The van der Waals surface area contributed by atoms with E-state index < -0.39 is 97.5 Å². The van der Waals surface area contributed by atoms with Gasteiger partial charge in [0, 0.05) is 25.7 Å². The van der Waals surface area contributed by atoms with Crippen molar-refractivity contribution in [1.29, 1.82) is 0 Å². The molecular weight excluding hydrogens is 1170 g/mol. The van der Waals surface area contributed by atoms with Crippen molar-refractivity contribution >= 4 is 39.5 Å². The van der Waals surface area contributed by atoms with E-state index in [1.54, 1.807) is 0 Å². The zero-order chi connectivity index (χ0) is 66.1. The second-order valence-corrected chi connectivity index (χ2v) is 30.1. The highest BCUT2D eigenvalue weighted by Gasteiger charge is 2.30. The molecule has 0 fully saturated rings. The van der Waals surface area contributed by atoms with Gasteiger partial charge in [0.05, 0.1) is 26.4 Å². The van der Waals surface area contributed by atoms with E-state index >= 15 is 0 Å². The Morgan fingerprint density at radius 1 is 0.281 bits per heavy atom. The third kappa shape index (κ3) is 64.6. The van der Waals surface area contributed by atoms with Gasteiger partial charge < -0.3 is 33.8 Å². The van der Waals surface area contributed by atoms with Crippen molar-refractivity contribution in [1.82, 2.24) is 0 Å². The molecule has 3 N–H and O–H groups in total. The molecule has 17 nitrogen and oxygen atoms in total. The SMILES string of the molecule is CC(C)CCCCCCCCCCCCCCCC(=O)O[C@H](COC(=O)CCCCCCCCCC(C)C)COP(=O)(O)OCC(O)COP(=O)(O)OC[C@@H](COC(=O)CCCCCCCCC(C)C)OC(=O)CCCCCCCCCCCCCC(C)C. The number of rotatable bonds is 67. The van der Waals surface area contributed by atoms with Crippen LogP contribution in [0.4, 0.5) is 0 Å². The maximum atomic E-state index is 13.0. The normalized spacial score (nSPS) is 14.3. The Hall–Kier alpha value is -1.94. The highest BCUT2D eigenvalue weighted by Crippen LogP contribution is 2.45. The van der Waals surface area contributed by atoms with Crippen LogP contribution in [0.25, 0.3) is 0 Å². The van der Waals surface area contributed by atoms with Crippen LogP contribution in [0.15, 0.2) is 0 Å². The maximum absolute atomic E-state index is 13.0. The van der Waals surface area contributed by atoms with Crippen molar-refractivity contribution < 1.29 is 80.2 Å². The number of carbonyl (C=O) groups excluding carboxylic acids is 4. The minimum atomic E-state index is -4.95. The Bertz CT molecular complexity index is 1760. The fourth-order valence-corrected chi connectivity index (χ4v) is 12.1. The van der Waals surface area contributed by atoms with Gasteiger partial charge in [0.1, 0.15) is 19.3 Å². The molecule has 0 aromatic rings. The standard InChI is InChI=1S/C70H136O17P2/c1-60(2)46-38-30-22-17-13-10-9-11-15-19-25-36-44-52-69(74)86-65(56-80-67(72)50-42-34-27-21-24-32-40-48-62(5)6)58-84-88(76,77)82-54-64(71)55-83-89(78,79)85-59-66(57-81-68(73)51-43-35-29-28-33-41-49-63(7)8)87-70(75)53-45-37-26-20-16-12-14-18-23-31-39-47-61(3)4/h60-66,71H,9-59H2,1-8H3,(H,76,77)(H,78,79)/t64?,65-,66-/m1/s1. The van der Waals surface area contributed by atoms with Crippen LogP contribution in [0.2, 0.25) is 0 Å². The van der Waals surface area contributed by atoms with Gasteiger partial charge in [-0.1, -0.05) is 293 Å². The van der Waals surface area contributed by atoms with Crippen LogP contribution in [0.1, 0.15) is 344 Å². The lowest BCUT2D eigenvalue weighted by atomic mass is 10.0. The average molecular weight is 1310 g/mol. The molecule has 0 spiro atoms. The summed E-state index contributed by atoms with van der Waals surface area (Å²) in [4.78, 5) is 72.5. The number of hydrogen-bond acceptors (Lipinski definition) is 15. The third-order valence-electron chi connectivity index (χ3n) is 16.1. The van der Waals surface area contributed by atoms with Crippen LogP contribution in [-0.2, 0) is 65.4 Å². The van der Waals surface area contributed by atoms with Gasteiger partial charge in [0.25, 0.3) is 0 Å². The summed E-state index contributed by atoms with van der Waals surface area (Å²) in [6.07, 6.45) is 41.9. The summed E-state index contributed by atoms with van der Waals surface area (Å²) >= 11 is 0. The van der Waals surface area contributed by atoms with Gasteiger partial charge in [-0.3, -0.25) is 37.3 Å². The van der Waals surface area contributed by atoms with E-state index in [1.807, 2.05) is 0 Å². The second kappa shape index (κ2) is 59.8. The quantitative estimate of drug-likeness (QED) is 0.0222. The molecule has 89 heavy (non-hydrogen) atoms. The Balaban J connectivity index is 5.23. The number of phosphoric ester groups is 2. The average Bonchev–Trinajstić information content (AvgIpc) is 3.59. The second-order valence-electron chi connectivity index (χ2n) is 27.2. The number of esters is 4. The summed E-state index contributed by atoms with van der Waals surface area (Å²) in [5, 5.41) is 10.6. The van der Waals surface area contributed by atoms with Crippen molar-refractivity contribution in [2.24, 2.45) is 23.7 Å². The van der Waals surface area contributed by atoms with Gasteiger partial charge in [0.15, 0.2) is 12.2 Å². The molecule has 0 aliphatic heterocycles. The molecule has 0 rings (SSSR count). The van der Waals surface area contributed by atoms with E-state index in [-0.39, 0.29) is 25.7 Å². The molecule has 0 saturated heterocycles. The number of aliphatic hydroxyl groups is 1. The topological polar surface area (TPSA) is 237 Å². The highest BCUT2D eigenvalue weighted by molar-refractivity contribution is 7.47. The third-order valence-corrected chi connectivity index (χ3v) is 18.0. The zero-order valence-corrected chi connectivity index (χ0v) is 59.8. The molecule has 0 aromatic heterocycles. The molecule has 0 bridgehead atoms. The number of hydrogen-bond donors (Lipinski definition) is 3. The van der Waals surface area contributed by atoms with E-state index in [9.17, 15) is 43.2 Å². The summed E-state index contributed by atoms with van der Waals surface area (Å²) in [5.41, 5.74) is 0. The van der Waals surface area contributed by atoms with Crippen molar-refractivity contribution in [3.63, 3.8) is 0 Å². The van der Waals surface area contributed by atoms with Crippen LogP contribution in [0.3, 0.4) is 0 Å². The summed E-state index contributed by atoms with van der Waals surface area (Å²) in [7, 11) is -9.90. The van der Waals surface area contributed by atoms with Crippen LogP contribution in [0, 0.1) is 23.7 Å². The lowest BCUT2D eigenvalue weighted by molar-refractivity contribution is -0.161. The largest absolute Gasteiger partial charge is 0.472 e. The number of carbonyl (C=O) groups is 4. The predicted molar refractivity (Wildman–Crippen MR) is 358 cm³/mol. The predicted octanol–water partition coefficient (Wildman–Crippen LogP) is 19.7. The monoisotopic (exact) mass is 1310 g/mol. The molecule has 19 heteroatoms. The van der Waals surface area contributed by atoms with Crippen LogP contribution < -0.4 is 0 Å². The first kappa shape index (κ1) is 87.1. The van der Waals surface area contributed by atoms with E-state index in [1.165, 1.54) is 135 Å². The maximum Gasteiger partial charge on any atom is 0.472 e. The Labute approximate surface area is 543 Å². The van der Waals surface area contributed by atoms with Crippen molar-refractivity contribution in [2.75, 3.05) is 39.6 Å². The van der Waals surface area contributed by atoms with Gasteiger partial charge in [-0.2, -0.15) is 0 Å². The summed E-state index contributed by atoms with van der Waals surface area (Å²) in [6.45, 7) is 14.0. The fraction of sp³-hybridized carbons (Fsp3) is 0.943. The van der Waals surface area contributed by atoms with Crippen molar-refractivity contribution in [3.8, 4) is 0 Å². The number of ether oxygens (including phenoxy) is 4. The molecule has 0 aliphatic rings. The molecule has 3 unspecified atom stereocenters. The molecule has 5 atom stereocenters. The van der Waals surface area contributed by atoms with Crippen LogP contribution in [0.5, 0.6) is 0 Å². The van der Waals surface area contributed by atoms with Gasteiger partial charge in [-0.05, 0) is 49.4 Å². The first-order valence-electron chi connectivity index (χ1n) is 36.2. The van der Waals surface area contributed by atoms with E-state index in [2.05, 4.69) is 55.4 Å². The summed E-state index contributed by atoms with van der Waals surface area (Å²) < 4.78 is 68.2. The van der Waals surface area contributed by atoms with Gasteiger partial charge in [-0.15, -0.1) is 0 Å². The van der Waals surface area contributed by atoms with Gasteiger partial charge in [0.2, 0.25) is 0 Å². The highest BCUT2D eigenvalue weighted by atomic mass is 31.2. The Morgan fingerprint density at radius 3 is 0.697 bits per heavy atom. The molecule has 0 aromatic carbocycles. The van der Waals surface area contributed by atoms with Crippen LogP contribution in [-0.4, -0.2) is 96.7 Å². The van der Waals surface area contributed by atoms with Crippen LogP contribution >= 0.6 is 15.6 Å². The number of phosphoric acid groups is 2. The Kier molecular flexibility index (Phi) is 58.5. The molecule has 0 heterocycles. The molecular formula is C70H136O17P2. The van der Waals surface area contributed by atoms with Gasteiger partial charge >= 0.3 is 39.5 Å². The number of unbranched alkanes of at least 4 members (excludes halogenated alkanes) is 33. The minimum absolute atomic E-state index is 0.105. The van der Waals surface area contributed by atoms with E-state index in [0.717, 1.165) is 115 Å². The van der Waals surface area contributed by atoms with Crippen molar-refractivity contribution in [3.05, 3.63) is 0 Å². The van der Waals surface area contributed by atoms with Gasteiger partial charge in [-0.25, -0.2) is 9.13 Å². The lowest BCUT2D eigenvalue weighted by Crippen LogP contribution is -2.30. The minimum Gasteiger partial charge on any atom is -0.462 e. The summed E-state index contributed by atoms with van der Waals surface area (Å²) in [6, 6.07) is 0. The smallest absolute Gasteiger partial charge is 0.462 e. The molecule has 0 amide bonds. The molecule has 0 aliphatic carbocycles. The van der Waals surface area contributed by atoms with E-state index in [0.29, 0.717) is 37.5 Å².